The average molecular weight is 158 g/mol. The Labute approximate surface area is 62.8 Å². The summed E-state index contributed by atoms with van der Waals surface area (Å²) in [5.74, 6) is -0.136. The van der Waals surface area contributed by atoms with Crippen molar-refractivity contribution in [3.8, 4) is 0 Å². The number of nitrogens with two attached hydrogens (primary N) is 1. The van der Waals surface area contributed by atoms with Crippen molar-refractivity contribution in [2.45, 2.75) is 6.17 Å². The molecule has 62 valence electrons. The maximum Gasteiger partial charge on any atom is 0.185 e. The summed E-state index contributed by atoms with van der Waals surface area (Å²) in [5.41, 5.74) is 5.24. The van der Waals surface area contributed by atoms with E-state index in [0.29, 0.717) is 0 Å². The van der Waals surface area contributed by atoms with Crippen LogP contribution in [0, 0.1) is 5.21 Å². The number of aliphatic hydroxyl groups is 1. The summed E-state index contributed by atoms with van der Waals surface area (Å²) >= 11 is 0. The number of dihydropyridines is 1. The fourth-order valence-electron chi connectivity index (χ4n) is 0.732. The molecule has 6 heteroatoms. The van der Waals surface area contributed by atoms with Gasteiger partial charge in [-0.25, -0.2) is 0 Å². The molecule has 0 radical (unpaired) electrons. The van der Waals surface area contributed by atoms with Gasteiger partial charge in [0.1, 0.15) is 6.17 Å². The Bertz CT molecular complexity index is 211. The van der Waals surface area contributed by atoms with Crippen LogP contribution in [-0.4, -0.2) is 21.7 Å². The largest absolute Gasteiger partial charge is 0.734 e. The molecule has 0 bridgehead atoms. The molecule has 0 amide bonds. The first kappa shape index (κ1) is 7.86. The van der Waals surface area contributed by atoms with E-state index in [4.69, 9.17) is 16.0 Å². The number of nitrogens with zero attached hydrogens (tertiary/aromatic N) is 1. The standard InChI is InChI=1S/C5H8N3O3/c6-5-3(8(10)11)1-2-4(9)7-5/h1-2,5,7,9-10H,6H2/q-1/t5-/m0/s1. The highest BCUT2D eigenvalue weighted by Gasteiger charge is 2.13. The van der Waals surface area contributed by atoms with Crippen LogP contribution in [-0.2, 0) is 0 Å². The van der Waals surface area contributed by atoms with Gasteiger partial charge in [0, 0.05) is 0 Å². The van der Waals surface area contributed by atoms with Crippen molar-refractivity contribution in [2.75, 3.05) is 0 Å². The molecule has 1 aliphatic rings. The molecule has 1 rings (SSSR count). The Morgan fingerprint density at radius 1 is 1.64 bits per heavy atom. The van der Waals surface area contributed by atoms with E-state index >= 15 is 0 Å². The third-order valence-electron chi connectivity index (χ3n) is 1.25. The van der Waals surface area contributed by atoms with E-state index in [0.717, 1.165) is 0 Å². The molecule has 0 aromatic carbocycles. The Kier molecular flexibility index (Phi) is 1.99. The maximum atomic E-state index is 10.3. The van der Waals surface area contributed by atoms with Crippen LogP contribution in [0.5, 0.6) is 0 Å². The van der Waals surface area contributed by atoms with Gasteiger partial charge < -0.3 is 26.6 Å². The lowest BCUT2D eigenvalue weighted by molar-refractivity contribution is -0.0119. The Hall–Kier alpha value is -1.24. The first-order chi connectivity index (χ1) is 5.11. The van der Waals surface area contributed by atoms with Gasteiger partial charge in [0.25, 0.3) is 0 Å². The summed E-state index contributed by atoms with van der Waals surface area (Å²) in [6.07, 6.45) is 1.58. The minimum absolute atomic E-state index is 0.0530. The molecule has 5 N–H and O–H groups in total. The van der Waals surface area contributed by atoms with Crippen molar-refractivity contribution < 1.29 is 10.3 Å². The normalized spacial score (nSPS) is 23.4. The van der Waals surface area contributed by atoms with Gasteiger partial charge >= 0.3 is 0 Å². The zero-order valence-corrected chi connectivity index (χ0v) is 5.56. The van der Waals surface area contributed by atoms with Crippen LogP contribution in [0.15, 0.2) is 23.7 Å². The predicted octanol–water partition coefficient (Wildman–Crippen LogP) is -0.653. The van der Waals surface area contributed by atoms with Crippen LogP contribution in [0.2, 0.25) is 0 Å². The summed E-state index contributed by atoms with van der Waals surface area (Å²) in [5, 5.41) is 29.5. The zero-order valence-electron chi connectivity index (χ0n) is 5.56. The molecule has 1 heterocycles. The second kappa shape index (κ2) is 2.79. The van der Waals surface area contributed by atoms with E-state index in [2.05, 4.69) is 5.32 Å². The summed E-state index contributed by atoms with van der Waals surface area (Å²) in [7, 11) is 0. The minimum atomic E-state index is -0.873. The summed E-state index contributed by atoms with van der Waals surface area (Å²) in [6, 6.07) is 0. The smallest absolute Gasteiger partial charge is 0.185 e. The molecule has 0 spiro atoms. The molecule has 1 aliphatic heterocycles. The van der Waals surface area contributed by atoms with Crippen molar-refractivity contribution in [3.05, 3.63) is 28.9 Å². The predicted molar refractivity (Wildman–Crippen MR) is 36.9 cm³/mol. The van der Waals surface area contributed by atoms with Crippen LogP contribution in [0.25, 0.3) is 0 Å². The third-order valence-corrected chi connectivity index (χ3v) is 1.25. The molecule has 0 saturated heterocycles. The second-order valence-corrected chi connectivity index (χ2v) is 2.04. The van der Waals surface area contributed by atoms with Crippen LogP contribution < -0.4 is 11.1 Å². The van der Waals surface area contributed by atoms with Crippen molar-refractivity contribution in [1.82, 2.24) is 10.5 Å². The van der Waals surface area contributed by atoms with Gasteiger partial charge in [-0.1, -0.05) is 0 Å². The monoisotopic (exact) mass is 158 g/mol. The number of nitrogens with one attached hydrogen (secondary N) is 1. The summed E-state index contributed by atoms with van der Waals surface area (Å²) in [4.78, 5) is 0. The number of hydroxylamine groups is 2. The molecule has 0 unspecified atom stereocenters. The van der Waals surface area contributed by atoms with Gasteiger partial charge in [0.2, 0.25) is 0 Å². The van der Waals surface area contributed by atoms with Gasteiger partial charge in [-0.05, 0) is 12.2 Å². The van der Waals surface area contributed by atoms with Crippen LogP contribution >= 0.6 is 0 Å². The third kappa shape index (κ3) is 1.61. The van der Waals surface area contributed by atoms with Gasteiger partial charge in [-0.15, -0.1) is 0 Å². The molecule has 0 saturated carbocycles. The lowest BCUT2D eigenvalue weighted by Gasteiger charge is -2.31. The minimum Gasteiger partial charge on any atom is -0.734 e. The highest BCUT2D eigenvalue weighted by Crippen LogP contribution is 2.08. The quantitative estimate of drug-likeness (QED) is 0.378. The zero-order chi connectivity index (χ0) is 8.43. The Morgan fingerprint density at radius 2 is 2.27 bits per heavy atom. The summed E-state index contributed by atoms with van der Waals surface area (Å²) in [6.45, 7) is 0. The van der Waals surface area contributed by atoms with Gasteiger partial charge in [0.15, 0.2) is 5.88 Å². The molecular weight excluding hydrogens is 150 g/mol. The summed E-state index contributed by atoms with van der Waals surface area (Å²) < 4.78 is 0. The lowest BCUT2D eigenvalue weighted by atomic mass is 10.2. The van der Waals surface area contributed by atoms with Crippen molar-refractivity contribution in [2.24, 2.45) is 5.73 Å². The van der Waals surface area contributed by atoms with E-state index < -0.39 is 6.17 Å². The van der Waals surface area contributed by atoms with E-state index in [9.17, 15) is 5.21 Å². The van der Waals surface area contributed by atoms with E-state index in [-0.39, 0.29) is 16.8 Å². The van der Waals surface area contributed by atoms with E-state index in [1.165, 1.54) is 12.2 Å². The highest BCUT2D eigenvalue weighted by molar-refractivity contribution is 5.22. The molecular formula is C5H8N3O3-. The number of hydrogen-bond acceptors (Lipinski definition) is 6. The molecule has 0 fully saturated rings. The SMILES string of the molecule is N[C@H]1NC(O)=CC=C1N([O-])O. The first-order valence-corrected chi connectivity index (χ1v) is 2.90. The Morgan fingerprint density at radius 3 is 2.73 bits per heavy atom. The molecule has 0 aliphatic carbocycles. The topological polar surface area (TPSA) is 105 Å². The number of aliphatic hydroxyl groups excluding tert-OH is 1. The van der Waals surface area contributed by atoms with Crippen molar-refractivity contribution in [1.29, 1.82) is 0 Å². The molecule has 11 heavy (non-hydrogen) atoms. The molecule has 0 aromatic heterocycles. The van der Waals surface area contributed by atoms with Gasteiger partial charge in [-0.2, -0.15) is 0 Å². The van der Waals surface area contributed by atoms with E-state index in [1.54, 1.807) is 0 Å². The number of allylic oxidation sites excluding steroid dienone is 2. The van der Waals surface area contributed by atoms with Crippen LogP contribution in [0.1, 0.15) is 0 Å². The molecule has 0 aromatic rings. The van der Waals surface area contributed by atoms with E-state index in [1.807, 2.05) is 0 Å². The molecule has 1 atom stereocenters. The first-order valence-electron chi connectivity index (χ1n) is 2.90. The van der Waals surface area contributed by atoms with Crippen molar-refractivity contribution >= 4 is 0 Å². The van der Waals surface area contributed by atoms with Crippen molar-refractivity contribution in [3.63, 3.8) is 0 Å². The maximum absolute atomic E-state index is 10.3. The highest BCUT2D eigenvalue weighted by atomic mass is 16.8. The lowest BCUT2D eigenvalue weighted by Crippen LogP contribution is -2.44. The number of rotatable bonds is 1. The van der Waals surface area contributed by atoms with Gasteiger partial charge in [-0.3, -0.25) is 5.21 Å². The number of hydrogen-bond donors (Lipinski definition) is 4. The Balaban J connectivity index is 2.78. The fourth-order valence-corrected chi connectivity index (χ4v) is 0.732. The second-order valence-electron chi connectivity index (χ2n) is 2.04. The van der Waals surface area contributed by atoms with Crippen LogP contribution in [0.4, 0.5) is 0 Å². The molecule has 6 nitrogen and oxygen atoms in total. The average Bonchev–Trinajstić information content (AvgIpc) is 1.85. The fraction of sp³-hybridized carbons (Fsp3) is 0.200. The van der Waals surface area contributed by atoms with Gasteiger partial charge in [0.05, 0.1) is 5.70 Å². The van der Waals surface area contributed by atoms with Crippen LogP contribution in [0.3, 0.4) is 0 Å².